The van der Waals surface area contributed by atoms with Crippen molar-refractivity contribution in [3.8, 4) is 0 Å². The molecule has 0 radical (unpaired) electrons. The lowest BCUT2D eigenvalue weighted by molar-refractivity contribution is -0.143. The molecular formula is C12H19F2NO3. The summed E-state index contributed by atoms with van der Waals surface area (Å²) < 4.78 is 25.9. The number of hydrogen-bond donors (Lipinski definition) is 2. The van der Waals surface area contributed by atoms with Gasteiger partial charge in [0, 0.05) is 18.8 Å². The normalized spacial score (nSPS) is 23.9. The first kappa shape index (κ1) is 14.9. The number of carboxylic acid groups (broad SMARTS) is 1. The molecule has 0 bridgehead atoms. The van der Waals surface area contributed by atoms with Gasteiger partial charge >= 0.3 is 5.97 Å². The monoisotopic (exact) mass is 263 g/mol. The number of amides is 1. The maximum absolute atomic E-state index is 13.0. The Morgan fingerprint density at radius 3 is 2.44 bits per heavy atom. The highest BCUT2D eigenvalue weighted by atomic mass is 19.3. The molecule has 0 spiro atoms. The van der Waals surface area contributed by atoms with E-state index in [1.807, 2.05) is 13.8 Å². The highest BCUT2D eigenvalue weighted by Gasteiger charge is 2.43. The van der Waals surface area contributed by atoms with E-state index in [0.717, 1.165) is 0 Å². The SMILES string of the molecule is CC(C)CC(NC(=O)C1CCC(F)(F)C1)C(=O)O. The number of rotatable bonds is 5. The van der Waals surface area contributed by atoms with Crippen LogP contribution in [0.25, 0.3) is 0 Å². The largest absolute Gasteiger partial charge is 0.480 e. The number of carbonyl (C=O) groups is 2. The summed E-state index contributed by atoms with van der Waals surface area (Å²) >= 11 is 0. The van der Waals surface area contributed by atoms with Gasteiger partial charge in [-0.05, 0) is 18.8 Å². The van der Waals surface area contributed by atoms with Gasteiger partial charge in [0.2, 0.25) is 11.8 Å². The van der Waals surface area contributed by atoms with Crippen LogP contribution in [0.3, 0.4) is 0 Å². The van der Waals surface area contributed by atoms with Gasteiger partial charge in [-0.3, -0.25) is 4.79 Å². The van der Waals surface area contributed by atoms with Crippen molar-refractivity contribution in [2.45, 2.75) is 51.5 Å². The molecule has 1 rings (SSSR count). The summed E-state index contributed by atoms with van der Waals surface area (Å²) in [6, 6.07) is -0.994. The summed E-state index contributed by atoms with van der Waals surface area (Å²) in [5.74, 6) is -5.15. The average molecular weight is 263 g/mol. The van der Waals surface area contributed by atoms with Crippen molar-refractivity contribution in [1.82, 2.24) is 5.32 Å². The molecule has 1 amide bonds. The first-order chi connectivity index (χ1) is 8.21. The minimum atomic E-state index is -2.79. The van der Waals surface area contributed by atoms with Crippen LogP contribution in [0.2, 0.25) is 0 Å². The Morgan fingerprint density at radius 1 is 1.44 bits per heavy atom. The quantitative estimate of drug-likeness (QED) is 0.797. The molecule has 2 N–H and O–H groups in total. The van der Waals surface area contributed by atoms with Gasteiger partial charge < -0.3 is 10.4 Å². The van der Waals surface area contributed by atoms with Crippen molar-refractivity contribution in [3.63, 3.8) is 0 Å². The van der Waals surface area contributed by atoms with E-state index in [1.54, 1.807) is 0 Å². The van der Waals surface area contributed by atoms with Crippen molar-refractivity contribution in [2.24, 2.45) is 11.8 Å². The van der Waals surface area contributed by atoms with E-state index < -0.39 is 36.2 Å². The molecule has 18 heavy (non-hydrogen) atoms. The summed E-state index contributed by atoms with van der Waals surface area (Å²) in [6.45, 7) is 3.68. The van der Waals surface area contributed by atoms with Crippen LogP contribution in [0, 0.1) is 11.8 Å². The second-order valence-electron chi connectivity index (χ2n) is 5.32. The van der Waals surface area contributed by atoms with Crippen LogP contribution in [0.4, 0.5) is 8.78 Å². The van der Waals surface area contributed by atoms with Crippen molar-refractivity contribution < 1.29 is 23.5 Å². The van der Waals surface area contributed by atoms with Gasteiger partial charge in [0.1, 0.15) is 6.04 Å². The first-order valence-corrected chi connectivity index (χ1v) is 6.12. The van der Waals surface area contributed by atoms with Crippen LogP contribution in [0.15, 0.2) is 0 Å². The lowest BCUT2D eigenvalue weighted by Crippen LogP contribution is -2.44. The van der Waals surface area contributed by atoms with E-state index in [2.05, 4.69) is 5.32 Å². The zero-order valence-electron chi connectivity index (χ0n) is 10.6. The van der Waals surface area contributed by atoms with Gasteiger partial charge in [0.15, 0.2) is 0 Å². The molecule has 6 heteroatoms. The predicted molar refractivity (Wildman–Crippen MR) is 61.3 cm³/mol. The molecule has 1 saturated carbocycles. The molecule has 0 heterocycles. The number of nitrogens with one attached hydrogen (secondary N) is 1. The second-order valence-corrected chi connectivity index (χ2v) is 5.32. The van der Waals surface area contributed by atoms with Crippen LogP contribution < -0.4 is 5.32 Å². The number of alkyl halides is 2. The lowest BCUT2D eigenvalue weighted by atomic mass is 10.0. The second kappa shape index (κ2) is 5.63. The fraction of sp³-hybridized carbons (Fsp3) is 0.833. The number of carbonyl (C=O) groups excluding carboxylic acids is 1. The Balaban J connectivity index is 2.54. The van der Waals surface area contributed by atoms with Crippen LogP contribution in [0.1, 0.15) is 39.5 Å². The molecule has 1 aliphatic rings. The van der Waals surface area contributed by atoms with Crippen LogP contribution in [-0.4, -0.2) is 28.9 Å². The van der Waals surface area contributed by atoms with Crippen molar-refractivity contribution >= 4 is 11.9 Å². The maximum atomic E-state index is 13.0. The van der Waals surface area contributed by atoms with E-state index in [9.17, 15) is 18.4 Å². The fourth-order valence-corrected chi connectivity index (χ4v) is 2.16. The minimum Gasteiger partial charge on any atom is -0.480 e. The Morgan fingerprint density at radius 2 is 2.06 bits per heavy atom. The van der Waals surface area contributed by atoms with Crippen LogP contribution in [0.5, 0.6) is 0 Å². The predicted octanol–water partition coefficient (Wildman–Crippen LogP) is 2.04. The van der Waals surface area contributed by atoms with E-state index in [1.165, 1.54) is 0 Å². The molecular weight excluding hydrogens is 244 g/mol. The molecule has 1 aliphatic carbocycles. The number of hydrogen-bond acceptors (Lipinski definition) is 2. The lowest BCUT2D eigenvalue weighted by Gasteiger charge is -2.19. The Hall–Kier alpha value is -1.20. The van der Waals surface area contributed by atoms with Crippen molar-refractivity contribution in [2.75, 3.05) is 0 Å². The molecule has 4 nitrogen and oxygen atoms in total. The summed E-state index contributed by atoms with van der Waals surface area (Å²) in [4.78, 5) is 22.7. The first-order valence-electron chi connectivity index (χ1n) is 6.12. The zero-order chi connectivity index (χ0) is 13.9. The molecule has 2 atom stereocenters. The number of halogens is 2. The van der Waals surface area contributed by atoms with Gasteiger partial charge in [-0.2, -0.15) is 0 Å². The third-order valence-electron chi connectivity index (χ3n) is 3.10. The molecule has 0 aliphatic heterocycles. The van der Waals surface area contributed by atoms with Gasteiger partial charge in [0.05, 0.1) is 0 Å². The van der Waals surface area contributed by atoms with E-state index in [0.29, 0.717) is 6.42 Å². The number of carboxylic acids is 1. The summed E-state index contributed by atoms with van der Waals surface area (Å²) in [5.41, 5.74) is 0. The fourth-order valence-electron chi connectivity index (χ4n) is 2.16. The maximum Gasteiger partial charge on any atom is 0.326 e. The molecule has 0 saturated heterocycles. The molecule has 0 aromatic heterocycles. The average Bonchev–Trinajstić information content (AvgIpc) is 2.57. The van der Waals surface area contributed by atoms with E-state index >= 15 is 0 Å². The molecule has 0 aromatic rings. The molecule has 1 fully saturated rings. The van der Waals surface area contributed by atoms with Crippen LogP contribution >= 0.6 is 0 Å². The third kappa shape index (κ3) is 4.23. The molecule has 104 valence electrons. The summed E-state index contributed by atoms with van der Waals surface area (Å²) in [5, 5.41) is 11.3. The van der Waals surface area contributed by atoms with Gasteiger partial charge in [-0.25, -0.2) is 13.6 Å². The molecule has 0 aromatic carbocycles. The Kier molecular flexibility index (Phi) is 4.65. The highest BCUT2D eigenvalue weighted by molar-refractivity contribution is 5.85. The van der Waals surface area contributed by atoms with E-state index in [-0.39, 0.29) is 18.8 Å². The third-order valence-corrected chi connectivity index (χ3v) is 3.10. The number of aliphatic carboxylic acids is 1. The van der Waals surface area contributed by atoms with Crippen molar-refractivity contribution in [1.29, 1.82) is 0 Å². The summed E-state index contributed by atoms with van der Waals surface area (Å²) in [6.07, 6.45) is -0.364. The van der Waals surface area contributed by atoms with Gasteiger partial charge in [-0.15, -0.1) is 0 Å². The topological polar surface area (TPSA) is 66.4 Å². The molecule has 2 unspecified atom stereocenters. The summed E-state index contributed by atoms with van der Waals surface area (Å²) in [7, 11) is 0. The highest BCUT2D eigenvalue weighted by Crippen LogP contribution is 2.38. The van der Waals surface area contributed by atoms with Gasteiger partial charge in [0.25, 0.3) is 0 Å². The Bertz CT molecular complexity index is 331. The Labute approximate surface area is 105 Å². The van der Waals surface area contributed by atoms with Crippen molar-refractivity contribution in [3.05, 3.63) is 0 Å². The smallest absolute Gasteiger partial charge is 0.326 e. The zero-order valence-corrected chi connectivity index (χ0v) is 10.6. The standard InChI is InChI=1S/C12H19F2NO3/c1-7(2)5-9(11(17)18)15-10(16)8-3-4-12(13,14)6-8/h7-9H,3-6H2,1-2H3,(H,15,16)(H,17,18). The van der Waals surface area contributed by atoms with Crippen LogP contribution in [-0.2, 0) is 9.59 Å². The van der Waals surface area contributed by atoms with E-state index in [4.69, 9.17) is 5.11 Å². The van der Waals surface area contributed by atoms with Gasteiger partial charge in [-0.1, -0.05) is 13.8 Å². The minimum absolute atomic E-state index is 0.108.